The summed E-state index contributed by atoms with van der Waals surface area (Å²) in [5.74, 6) is 0. The van der Waals surface area contributed by atoms with E-state index in [1.807, 2.05) is 0 Å². The second kappa shape index (κ2) is 11.7. The van der Waals surface area contributed by atoms with E-state index in [9.17, 15) is 34.4 Å². The van der Waals surface area contributed by atoms with Crippen LogP contribution in [0.5, 0.6) is 0 Å². The number of nitrogens with one attached hydrogen (secondary N) is 2. The minimum atomic E-state index is -4.63. The number of sulfonamides is 2. The van der Waals surface area contributed by atoms with Crippen molar-refractivity contribution >= 4 is 65.3 Å². The van der Waals surface area contributed by atoms with Gasteiger partial charge in [-0.15, -0.1) is 0 Å². The maximum absolute atomic E-state index is 13.6. The van der Waals surface area contributed by atoms with Gasteiger partial charge >= 0.3 is 0 Å². The van der Waals surface area contributed by atoms with Crippen molar-refractivity contribution in [2.45, 2.75) is 42.9 Å². The molecule has 4 aromatic carbocycles. The van der Waals surface area contributed by atoms with Crippen molar-refractivity contribution in [2.75, 3.05) is 20.9 Å². The third-order valence-electron chi connectivity index (χ3n) is 8.53. The van der Waals surface area contributed by atoms with Crippen LogP contribution in [-0.2, 0) is 48.0 Å². The van der Waals surface area contributed by atoms with E-state index < -0.39 is 52.9 Å². The van der Waals surface area contributed by atoms with E-state index in [1.54, 1.807) is 32.9 Å². The molecule has 14 nitrogen and oxygen atoms in total. The fraction of sp³-hybridized carbons (Fsp3) is 0.172. The van der Waals surface area contributed by atoms with Crippen LogP contribution in [0.25, 0.3) is 11.1 Å². The van der Waals surface area contributed by atoms with Gasteiger partial charge in [0.2, 0.25) is 20.0 Å². The molecular formula is C29H30N6O8S4-2. The minimum absolute atomic E-state index is 0.0144. The summed E-state index contributed by atoms with van der Waals surface area (Å²) in [5, 5.41) is 11.5. The van der Waals surface area contributed by atoms with Crippen LogP contribution in [0.2, 0.25) is 0 Å². The number of hydrogen-bond donors (Lipinski definition) is 6. The molecule has 0 saturated heterocycles. The summed E-state index contributed by atoms with van der Waals surface area (Å²) in [6.07, 6.45) is 0. The lowest BCUT2D eigenvalue weighted by Crippen LogP contribution is -2.34. The molecule has 0 aliphatic heterocycles. The Kier molecular flexibility index (Phi) is 8.55. The minimum Gasteiger partial charge on any atom is -0.755 e. The van der Waals surface area contributed by atoms with Gasteiger partial charge in [0.25, 0.3) is 0 Å². The third-order valence-corrected chi connectivity index (χ3v) is 11.3. The number of nitrogen functional groups attached to an aromatic ring is 2. The zero-order valence-electron chi connectivity index (χ0n) is 25.3. The molecule has 18 heteroatoms. The Hall–Kier alpha value is -3.88. The Bertz CT molecular complexity index is 2290. The smallest absolute Gasteiger partial charge is 0.238 e. The maximum atomic E-state index is 13.6. The van der Waals surface area contributed by atoms with Crippen molar-refractivity contribution in [3.63, 3.8) is 0 Å². The Balaban J connectivity index is 2.21. The molecule has 0 bridgehead atoms. The highest BCUT2D eigenvalue weighted by molar-refractivity contribution is 7.89. The Labute approximate surface area is 276 Å². The largest absolute Gasteiger partial charge is 0.755 e. The lowest BCUT2D eigenvalue weighted by atomic mass is 9.65. The summed E-state index contributed by atoms with van der Waals surface area (Å²) in [6.45, 7) is 6.31. The number of benzene rings is 4. The molecule has 250 valence electrons. The predicted octanol–water partition coefficient (Wildman–Crippen LogP) is 2.15. The van der Waals surface area contributed by atoms with E-state index in [2.05, 4.69) is 9.44 Å². The van der Waals surface area contributed by atoms with Gasteiger partial charge in [0.15, 0.2) is 0 Å². The summed E-state index contributed by atoms with van der Waals surface area (Å²) >= 11 is -5.72. The SMILES string of the molecule is Cc1cc(C2(c3cc(C)c(N)c(C)c3S(N)(=O)=O)c3cc(NS(=O)[O-])ccc3-c3ccc(S(N)(=O)=O)cc32)c(NS(=O)[O-])c(C)c1N. The molecule has 0 radical (unpaired) electrons. The average molecular weight is 719 g/mol. The monoisotopic (exact) mass is 718 g/mol. The lowest BCUT2D eigenvalue weighted by Gasteiger charge is -2.38. The number of hydrogen-bond acceptors (Lipinski definition) is 10. The van der Waals surface area contributed by atoms with E-state index in [0.29, 0.717) is 22.3 Å². The van der Waals surface area contributed by atoms with Gasteiger partial charge in [0.1, 0.15) is 0 Å². The van der Waals surface area contributed by atoms with E-state index in [0.717, 1.165) is 0 Å². The number of anilines is 4. The van der Waals surface area contributed by atoms with Gasteiger partial charge in [0.05, 0.1) is 20.9 Å². The van der Waals surface area contributed by atoms with Gasteiger partial charge in [-0.25, -0.2) is 27.1 Å². The highest BCUT2D eigenvalue weighted by Crippen LogP contribution is 2.60. The number of aryl methyl sites for hydroxylation is 2. The van der Waals surface area contributed by atoms with Crippen LogP contribution >= 0.6 is 0 Å². The average Bonchev–Trinajstić information content (AvgIpc) is 3.23. The third kappa shape index (κ3) is 5.59. The summed E-state index contributed by atoms with van der Waals surface area (Å²) in [5.41, 5.74) is 13.8. The molecule has 10 N–H and O–H groups in total. The number of rotatable bonds is 8. The molecule has 0 heterocycles. The summed E-state index contributed by atoms with van der Waals surface area (Å²) < 4.78 is 105. The van der Waals surface area contributed by atoms with Crippen molar-refractivity contribution in [1.82, 2.24) is 0 Å². The van der Waals surface area contributed by atoms with Gasteiger partial charge < -0.3 is 30.0 Å². The number of fused-ring (bicyclic) bond motifs is 3. The van der Waals surface area contributed by atoms with Crippen LogP contribution in [0.3, 0.4) is 0 Å². The van der Waals surface area contributed by atoms with Crippen LogP contribution in [0.15, 0.2) is 58.3 Å². The molecule has 4 aromatic rings. The van der Waals surface area contributed by atoms with Gasteiger partial charge in [0, 0.05) is 39.6 Å². The van der Waals surface area contributed by atoms with Crippen molar-refractivity contribution in [1.29, 1.82) is 0 Å². The molecule has 0 aromatic heterocycles. The fourth-order valence-corrected chi connectivity index (χ4v) is 8.84. The Morgan fingerprint density at radius 1 is 0.660 bits per heavy atom. The molecule has 1 aliphatic rings. The maximum Gasteiger partial charge on any atom is 0.238 e. The highest BCUT2D eigenvalue weighted by atomic mass is 32.2. The van der Waals surface area contributed by atoms with Crippen molar-refractivity contribution in [3.8, 4) is 11.1 Å². The van der Waals surface area contributed by atoms with Gasteiger partial charge in [-0.3, -0.25) is 8.42 Å². The Morgan fingerprint density at radius 2 is 1.17 bits per heavy atom. The molecule has 1 aliphatic carbocycles. The molecule has 0 spiro atoms. The van der Waals surface area contributed by atoms with E-state index in [-0.39, 0.29) is 61.0 Å². The molecule has 3 unspecified atom stereocenters. The first kappa shape index (κ1) is 34.5. The summed E-state index contributed by atoms with van der Waals surface area (Å²) in [4.78, 5) is -0.744. The van der Waals surface area contributed by atoms with Crippen LogP contribution < -0.4 is 31.2 Å². The van der Waals surface area contributed by atoms with Gasteiger partial charge in [-0.2, -0.15) is 0 Å². The normalized spacial score (nSPS) is 17.1. The first-order valence-electron chi connectivity index (χ1n) is 13.6. The van der Waals surface area contributed by atoms with Crippen molar-refractivity contribution in [2.24, 2.45) is 10.3 Å². The molecular weight excluding hydrogens is 689 g/mol. The first-order valence-corrected chi connectivity index (χ1v) is 18.8. The van der Waals surface area contributed by atoms with Crippen LogP contribution in [0.4, 0.5) is 22.7 Å². The van der Waals surface area contributed by atoms with E-state index >= 15 is 0 Å². The quantitative estimate of drug-likeness (QED) is 0.100. The highest BCUT2D eigenvalue weighted by Gasteiger charge is 2.51. The van der Waals surface area contributed by atoms with Crippen molar-refractivity contribution in [3.05, 3.63) is 93.0 Å². The second-order valence-corrected chi connectivity index (χ2v) is 15.7. The number of nitrogens with two attached hydrogens (primary N) is 4. The van der Waals surface area contributed by atoms with Gasteiger partial charge in [-0.1, -0.05) is 24.3 Å². The van der Waals surface area contributed by atoms with Crippen molar-refractivity contribution < 1.29 is 34.4 Å². The number of primary sulfonamides is 2. The Morgan fingerprint density at radius 3 is 1.70 bits per heavy atom. The van der Waals surface area contributed by atoms with Crippen LogP contribution in [0, 0.1) is 27.7 Å². The molecule has 5 rings (SSSR count). The molecule has 0 fully saturated rings. The molecule has 3 atom stereocenters. The molecule has 0 amide bonds. The van der Waals surface area contributed by atoms with Crippen LogP contribution in [-0.4, -0.2) is 34.4 Å². The summed E-state index contributed by atoms with van der Waals surface area (Å²) in [6, 6.07) is 11.6. The topological polar surface area (TPSA) is 277 Å². The van der Waals surface area contributed by atoms with Crippen LogP contribution in [0.1, 0.15) is 44.5 Å². The second-order valence-electron chi connectivity index (χ2n) is 11.2. The first-order chi connectivity index (χ1) is 21.7. The van der Waals surface area contributed by atoms with E-state index in [1.165, 1.54) is 43.3 Å². The molecule has 0 saturated carbocycles. The zero-order valence-corrected chi connectivity index (χ0v) is 28.6. The lowest BCUT2D eigenvalue weighted by molar-refractivity contribution is 0.541. The van der Waals surface area contributed by atoms with Gasteiger partial charge in [-0.05, 0) is 108 Å². The summed E-state index contributed by atoms with van der Waals surface area (Å²) in [7, 11) is -8.98. The fourth-order valence-electron chi connectivity index (χ4n) is 6.50. The zero-order chi connectivity index (χ0) is 35.0. The predicted molar refractivity (Wildman–Crippen MR) is 179 cm³/mol. The van der Waals surface area contributed by atoms with E-state index in [4.69, 9.17) is 21.7 Å². The molecule has 47 heavy (non-hydrogen) atoms. The standard InChI is InChI=1S/C29H32N6O8S4/c1-13-9-23(27(35-45(38)39)15(3)25(13)30)29(24-10-14(2)26(31)16(4)28(24)47(33,42)43)21-11-17(34-44(36)37)5-7-19(21)20-8-6-18(12-22(20)29)46(32,40)41/h5-12,34-35H,30-31H2,1-4H3,(H,36,37)(H,38,39)(H2,32,40,41)(H2,33,42,43)/p-2.